The van der Waals surface area contributed by atoms with E-state index in [-0.39, 0.29) is 19.3 Å². The molecule has 1 saturated carbocycles. The summed E-state index contributed by atoms with van der Waals surface area (Å²) in [5.74, 6) is -1.31. The van der Waals surface area contributed by atoms with Crippen molar-refractivity contribution in [2.75, 3.05) is 13.2 Å². The van der Waals surface area contributed by atoms with Crippen molar-refractivity contribution in [3.8, 4) is 0 Å². The number of hydrogen-bond acceptors (Lipinski definition) is 13. The molecule has 392 valence electrons. The first-order valence-electron chi connectivity index (χ1n) is 25.3. The first-order chi connectivity index (χ1) is 33.3. The Labute approximate surface area is 413 Å². The van der Waals surface area contributed by atoms with Gasteiger partial charge in [0.1, 0.15) is 43.2 Å². The van der Waals surface area contributed by atoms with E-state index in [0.717, 1.165) is 83.5 Å². The Balaban J connectivity index is 2.53. The average molecular weight is 991 g/mol. The summed E-state index contributed by atoms with van der Waals surface area (Å²) in [7, 11) is -5.18. The van der Waals surface area contributed by atoms with E-state index < -0.39 is 81.8 Å². The average Bonchev–Trinajstić information content (AvgIpc) is 3.33. The highest BCUT2D eigenvalue weighted by atomic mass is 31.2. The molecule has 69 heavy (non-hydrogen) atoms. The Hall–Kier alpha value is -3.53. The monoisotopic (exact) mass is 991 g/mol. The number of aliphatic hydroxyl groups excluding tert-OH is 6. The van der Waals surface area contributed by atoms with Gasteiger partial charge in [-0.3, -0.25) is 18.6 Å². The van der Waals surface area contributed by atoms with E-state index in [1.807, 2.05) is 12.2 Å². The number of aliphatic hydroxyl groups is 6. The standard InChI is InChI=1S/C54H87O14P/c1-3-5-7-9-11-13-15-17-18-19-20-21-22-23-25-27-29-31-33-37-41-47(56)65-43-46(44-66-69(63,64)68-54-52(61)50(59)49(58)51(60)53(54)62)67-48(57)42-38-34-36-40-45(55)39-35-32-30-28-26-24-16-14-12-10-8-6-4-2/h6,8,12-15,18-19,21-22,24,26,30,32,34-36,39,45-46,49-55,58-62H,3-5,7,9-11,16-17,20,23,25,27-29,31,33,37-38,40-44H2,1-2H3,(H,63,64)/b8-6-,14-12-,15-13-,19-18-,22-21-,26-24-,32-30-,36-34-,39-35-/t45?,46-,49?,50-,51+,52-,53-,54?/m1/s1. The van der Waals surface area contributed by atoms with Gasteiger partial charge < -0.3 is 45.0 Å². The van der Waals surface area contributed by atoms with E-state index in [0.29, 0.717) is 12.8 Å². The van der Waals surface area contributed by atoms with Crippen LogP contribution in [0.5, 0.6) is 0 Å². The molecule has 0 radical (unpaired) electrons. The van der Waals surface area contributed by atoms with E-state index in [9.17, 15) is 49.7 Å². The molecule has 0 aliphatic heterocycles. The summed E-state index contributed by atoms with van der Waals surface area (Å²) >= 11 is 0. The van der Waals surface area contributed by atoms with Gasteiger partial charge in [-0.15, -0.1) is 0 Å². The molecule has 0 spiro atoms. The number of rotatable bonds is 40. The summed E-state index contributed by atoms with van der Waals surface area (Å²) in [6, 6.07) is 0. The van der Waals surface area contributed by atoms with Crippen molar-refractivity contribution >= 4 is 19.8 Å². The van der Waals surface area contributed by atoms with Gasteiger partial charge in [0.2, 0.25) is 0 Å². The number of allylic oxidation sites excluding steroid dienone is 16. The Kier molecular flexibility index (Phi) is 38.8. The molecule has 1 rings (SSSR count). The molecule has 15 heteroatoms. The normalized spacial score (nSPS) is 22.3. The number of phosphoric acid groups is 1. The van der Waals surface area contributed by atoms with E-state index in [2.05, 4.69) is 86.8 Å². The van der Waals surface area contributed by atoms with Crippen LogP contribution in [-0.4, -0.2) is 110 Å². The van der Waals surface area contributed by atoms with Crippen LogP contribution in [0.2, 0.25) is 0 Å². The Morgan fingerprint density at radius 3 is 1.61 bits per heavy atom. The Morgan fingerprint density at radius 2 is 1.03 bits per heavy atom. The number of phosphoric ester groups is 1. The number of esters is 2. The highest BCUT2D eigenvalue weighted by molar-refractivity contribution is 7.47. The van der Waals surface area contributed by atoms with Gasteiger partial charge in [0, 0.05) is 12.8 Å². The van der Waals surface area contributed by atoms with Crippen molar-refractivity contribution in [1.29, 1.82) is 0 Å². The van der Waals surface area contributed by atoms with Gasteiger partial charge in [0.25, 0.3) is 0 Å². The number of ether oxygens (including phenoxy) is 2. The lowest BCUT2D eigenvalue weighted by atomic mass is 9.85. The predicted octanol–water partition coefficient (Wildman–Crippen LogP) is 9.75. The lowest BCUT2D eigenvalue weighted by Crippen LogP contribution is -2.64. The van der Waals surface area contributed by atoms with Crippen molar-refractivity contribution in [2.24, 2.45) is 0 Å². The van der Waals surface area contributed by atoms with Gasteiger partial charge in [-0.2, -0.15) is 0 Å². The SMILES string of the molecule is CC/C=C\C/C=C\C/C=C\C/C=C\C=C/C(O)C/C=C\CCC(=O)O[C@H](COC(=O)CCCCCCCC/C=C\C/C=C\C/C=C\CCCCCC)COP(=O)(O)OC1[C@H](O)[C@H](O)C(O)[C@H](O)[C@H]1O. The quantitative estimate of drug-likeness (QED) is 0.00997. The van der Waals surface area contributed by atoms with Crippen LogP contribution in [0.25, 0.3) is 0 Å². The molecule has 4 unspecified atom stereocenters. The first-order valence-corrected chi connectivity index (χ1v) is 26.8. The second-order valence-electron chi connectivity index (χ2n) is 17.1. The zero-order valence-electron chi connectivity index (χ0n) is 41.4. The highest BCUT2D eigenvalue weighted by Gasteiger charge is 2.51. The third kappa shape index (κ3) is 34.4. The number of carbonyl (C=O) groups is 2. The van der Waals surface area contributed by atoms with Gasteiger partial charge in [0.05, 0.1) is 12.7 Å². The highest BCUT2D eigenvalue weighted by Crippen LogP contribution is 2.47. The number of hydrogen-bond donors (Lipinski definition) is 7. The smallest absolute Gasteiger partial charge is 0.462 e. The molecule has 0 bridgehead atoms. The van der Waals surface area contributed by atoms with Gasteiger partial charge in [0.15, 0.2) is 6.10 Å². The van der Waals surface area contributed by atoms with Crippen LogP contribution in [-0.2, 0) is 32.7 Å². The minimum Gasteiger partial charge on any atom is -0.462 e. The zero-order chi connectivity index (χ0) is 50.8. The summed E-state index contributed by atoms with van der Waals surface area (Å²) in [6.07, 6.45) is 41.5. The minimum atomic E-state index is -5.18. The van der Waals surface area contributed by atoms with Crippen molar-refractivity contribution < 1.29 is 68.2 Å². The maximum atomic E-state index is 12.9. The first kappa shape index (κ1) is 63.5. The lowest BCUT2D eigenvalue weighted by Gasteiger charge is -2.41. The van der Waals surface area contributed by atoms with Crippen LogP contribution >= 0.6 is 7.82 Å². The third-order valence-electron chi connectivity index (χ3n) is 10.9. The molecule has 0 aromatic rings. The second-order valence-corrected chi connectivity index (χ2v) is 18.5. The maximum absolute atomic E-state index is 12.9. The van der Waals surface area contributed by atoms with Crippen molar-refractivity contribution in [3.63, 3.8) is 0 Å². The number of carbonyl (C=O) groups excluding carboxylic acids is 2. The topological polar surface area (TPSA) is 230 Å². The third-order valence-corrected chi connectivity index (χ3v) is 11.9. The summed E-state index contributed by atoms with van der Waals surface area (Å²) in [5.41, 5.74) is 0. The van der Waals surface area contributed by atoms with Crippen LogP contribution in [0.1, 0.15) is 155 Å². The summed E-state index contributed by atoms with van der Waals surface area (Å²) in [5, 5.41) is 60.5. The lowest BCUT2D eigenvalue weighted by molar-refractivity contribution is -0.220. The van der Waals surface area contributed by atoms with Crippen LogP contribution in [0.15, 0.2) is 109 Å². The molecule has 0 saturated heterocycles. The summed E-state index contributed by atoms with van der Waals surface area (Å²) < 4.78 is 33.5. The largest absolute Gasteiger partial charge is 0.472 e. The second kappa shape index (κ2) is 42.2. The molecular formula is C54H87O14P. The summed E-state index contributed by atoms with van der Waals surface area (Å²) in [6.45, 7) is 3.01. The molecule has 0 amide bonds. The maximum Gasteiger partial charge on any atom is 0.472 e. The molecule has 1 aliphatic carbocycles. The van der Waals surface area contributed by atoms with E-state index in [4.69, 9.17) is 18.5 Å². The van der Waals surface area contributed by atoms with E-state index in [1.54, 1.807) is 24.3 Å². The van der Waals surface area contributed by atoms with Gasteiger partial charge in [-0.05, 0) is 83.5 Å². The summed E-state index contributed by atoms with van der Waals surface area (Å²) in [4.78, 5) is 35.8. The van der Waals surface area contributed by atoms with E-state index >= 15 is 0 Å². The molecule has 7 N–H and O–H groups in total. The van der Waals surface area contributed by atoms with Crippen molar-refractivity contribution in [1.82, 2.24) is 0 Å². The van der Waals surface area contributed by atoms with Crippen molar-refractivity contribution in [3.05, 3.63) is 109 Å². The molecule has 0 heterocycles. The molecule has 1 fully saturated rings. The molecule has 0 aromatic carbocycles. The fourth-order valence-corrected chi connectivity index (χ4v) is 7.85. The molecular weight excluding hydrogens is 904 g/mol. The van der Waals surface area contributed by atoms with E-state index in [1.165, 1.54) is 25.7 Å². The van der Waals surface area contributed by atoms with Crippen LogP contribution in [0.3, 0.4) is 0 Å². The Morgan fingerprint density at radius 1 is 0.536 bits per heavy atom. The van der Waals surface area contributed by atoms with Gasteiger partial charge in [-0.25, -0.2) is 4.57 Å². The van der Waals surface area contributed by atoms with Crippen molar-refractivity contribution in [2.45, 2.75) is 204 Å². The fraction of sp³-hybridized carbons (Fsp3) is 0.630. The molecule has 9 atom stereocenters. The predicted molar refractivity (Wildman–Crippen MR) is 273 cm³/mol. The van der Waals surface area contributed by atoms with Gasteiger partial charge in [-0.1, -0.05) is 168 Å². The fourth-order valence-electron chi connectivity index (χ4n) is 6.87. The molecule has 1 aliphatic rings. The zero-order valence-corrected chi connectivity index (χ0v) is 42.3. The van der Waals surface area contributed by atoms with Crippen LogP contribution in [0.4, 0.5) is 0 Å². The minimum absolute atomic E-state index is 0.109. The van der Waals surface area contributed by atoms with Crippen LogP contribution < -0.4 is 0 Å². The Bertz CT molecular complexity index is 1630. The van der Waals surface area contributed by atoms with Gasteiger partial charge >= 0.3 is 19.8 Å². The van der Waals surface area contributed by atoms with Crippen LogP contribution in [0, 0.1) is 0 Å². The number of unbranched alkanes of at least 4 members (excludes halogenated alkanes) is 10. The molecule has 0 aromatic heterocycles. The molecule has 14 nitrogen and oxygen atoms in total.